The van der Waals surface area contributed by atoms with Gasteiger partial charge < -0.3 is 19.7 Å². The number of alkyl halides is 2. The van der Waals surface area contributed by atoms with E-state index in [9.17, 15) is 19.0 Å². The second-order valence-electron chi connectivity index (χ2n) is 9.26. The summed E-state index contributed by atoms with van der Waals surface area (Å²) < 4.78 is 39.2. The molecule has 5 rings (SSSR count). The molecule has 0 spiro atoms. The molecule has 1 saturated heterocycles. The van der Waals surface area contributed by atoms with Crippen LogP contribution in [-0.4, -0.2) is 47.3 Å². The van der Waals surface area contributed by atoms with E-state index < -0.39 is 12.5 Å². The average Bonchev–Trinajstić information content (AvgIpc) is 3.38. The maximum Gasteiger partial charge on any atom is 0.257 e. The van der Waals surface area contributed by atoms with Gasteiger partial charge in [-0.15, -0.1) is 0 Å². The minimum Gasteiger partial charge on any atom is -0.508 e. The second-order valence-corrected chi connectivity index (χ2v) is 9.26. The number of nitrogens with zero attached hydrogens (tertiary/aromatic N) is 1. The summed E-state index contributed by atoms with van der Waals surface area (Å²) in [7, 11) is 0. The molecule has 0 aromatic heterocycles. The first kappa shape index (κ1) is 23.4. The largest absolute Gasteiger partial charge is 0.508 e. The molecule has 0 aliphatic carbocycles. The maximum absolute atomic E-state index is 13.6. The average molecular weight is 482 g/mol. The number of phenolic OH excluding ortho intramolecular Hbond substituents is 2. The van der Waals surface area contributed by atoms with Crippen molar-refractivity contribution >= 4 is 0 Å². The number of aromatic hydroxyl groups is 2. The van der Waals surface area contributed by atoms with Gasteiger partial charge in [-0.3, -0.25) is 4.90 Å². The van der Waals surface area contributed by atoms with Crippen molar-refractivity contribution < 1.29 is 28.5 Å². The van der Waals surface area contributed by atoms with Crippen LogP contribution in [0.4, 0.5) is 8.78 Å². The van der Waals surface area contributed by atoms with Crippen LogP contribution in [0.25, 0.3) is 0 Å². The third-order valence-corrected chi connectivity index (χ3v) is 6.94. The van der Waals surface area contributed by atoms with E-state index in [1.54, 1.807) is 30.3 Å². The summed E-state index contributed by atoms with van der Waals surface area (Å²) in [5, 5.41) is 19.9. The predicted octanol–water partition coefficient (Wildman–Crippen LogP) is 5.67. The normalized spacial score (nSPS) is 20.9. The molecule has 0 radical (unpaired) electrons. The minimum absolute atomic E-state index is 0.0493. The topological polar surface area (TPSA) is 62.2 Å². The van der Waals surface area contributed by atoms with Crippen molar-refractivity contribution in [1.82, 2.24) is 4.90 Å². The number of halogens is 2. The third-order valence-electron chi connectivity index (χ3n) is 6.94. The lowest BCUT2D eigenvalue weighted by atomic mass is 9.82. The van der Waals surface area contributed by atoms with Gasteiger partial charge in [0.2, 0.25) is 0 Å². The lowest BCUT2D eigenvalue weighted by Crippen LogP contribution is -2.42. The van der Waals surface area contributed by atoms with Crippen molar-refractivity contribution in [1.29, 1.82) is 0 Å². The third kappa shape index (κ3) is 5.20. The van der Waals surface area contributed by atoms with Crippen LogP contribution in [0.5, 0.6) is 23.0 Å². The Morgan fingerprint density at radius 2 is 1.66 bits per heavy atom. The molecule has 5 nitrogen and oxygen atoms in total. The molecule has 7 heteroatoms. The Labute approximate surface area is 203 Å². The highest BCUT2D eigenvalue weighted by Crippen LogP contribution is 2.45. The Hall–Kier alpha value is -3.32. The Balaban J connectivity index is 1.36. The molecule has 3 aromatic carbocycles. The molecular weight excluding hydrogens is 452 g/mol. The molecule has 2 aliphatic rings. The Morgan fingerprint density at radius 1 is 0.914 bits per heavy atom. The zero-order valence-corrected chi connectivity index (χ0v) is 19.3. The molecule has 0 bridgehead atoms. The molecule has 1 fully saturated rings. The first-order chi connectivity index (χ1) is 17.0. The van der Waals surface area contributed by atoms with Crippen molar-refractivity contribution in [3.63, 3.8) is 0 Å². The van der Waals surface area contributed by atoms with Crippen molar-refractivity contribution in [2.45, 2.75) is 43.8 Å². The van der Waals surface area contributed by atoms with Crippen LogP contribution in [0.1, 0.15) is 41.6 Å². The monoisotopic (exact) mass is 481 g/mol. The Morgan fingerprint density at radius 3 is 2.37 bits per heavy atom. The smallest absolute Gasteiger partial charge is 0.257 e. The van der Waals surface area contributed by atoms with Crippen molar-refractivity contribution in [3.8, 4) is 23.0 Å². The van der Waals surface area contributed by atoms with Gasteiger partial charge in [0, 0.05) is 12.0 Å². The molecule has 2 aliphatic heterocycles. The number of hydrogen-bond donors (Lipinski definition) is 2. The summed E-state index contributed by atoms with van der Waals surface area (Å²) >= 11 is 0. The van der Waals surface area contributed by atoms with Gasteiger partial charge in [-0.25, -0.2) is 8.78 Å². The first-order valence-electron chi connectivity index (χ1n) is 12.0. The number of ether oxygens (including phenoxy) is 2. The van der Waals surface area contributed by atoms with Gasteiger partial charge in [-0.05, 0) is 79.4 Å². The predicted molar refractivity (Wildman–Crippen MR) is 129 cm³/mol. The summed E-state index contributed by atoms with van der Waals surface area (Å²) in [6.45, 7) is 1.33. The molecule has 3 aromatic rings. The van der Waals surface area contributed by atoms with E-state index in [1.165, 1.54) is 0 Å². The quantitative estimate of drug-likeness (QED) is 0.456. The summed E-state index contributed by atoms with van der Waals surface area (Å²) in [5.74, 6) is 1.40. The van der Waals surface area contributed by atoms with Crippen LogP contribution in [0.2, 0.25) is 0 Å². The number of hydrogen-bond acceptors (Lipinski definition) is 5. The number of rotatable bonds is 7. The van der Waals surface area contributed by atoms with E-state index in [2.05, 4.69) is 0 Å². The van der Waals surface area contributed by atoms with E-state index in [-0.39, 0.29) is 30.1 Å². The van der Waals surface area contributed by atoms with Crippen LogP contribution in [-0.2, 0) is 6.42 Å². The van der Waals surface area contributed by atoms with E-state index in [0.717, 1.165) is 29.5 Å². The fraction of sp³-hybridized carbons (Fsp3) is 0.357. The molecule has 2 N–H and O–H groups in total. The summed E-state index contributed by atoms with van der Waals surface area (Å²) in [5.41, 5.74) is 2.82. The van der Waals surface area contributed by atoms with Crippen LogP contribution in [0.15, 0.2) is 66.7 Å². The standard InChI is InChI=1S/C28H29F2NO4/c29-28(30)25(31-12-1-2-13-31)17-34-23-10-7-18(8-11-23)24-15-19-6-9-22(33)16-26(19)35-27(24)20-4-3-5-21(32)14-20/h3-11,14,16,24-25,27-28,32-33H,1-2,12-13,15,17H2/t24?,25-,27?/m1/s1. The Kier molecular flexibility index (Phi) is 6.77. The Bertz CT molecular complexity index is 1150. The lowest BCUT2D eigenvalue weighted by molar-refractivity contribution is 0.0115. The van der Waals surface area contributed by atoms with Crippen molar-refractivity contribution in [3.05, 3.63) is 83.4 Å². The molecule has 35 heavy (non-hydrogen) atoms. The van der Waals surface area contributed by atoms with Crippen LogP contribution in [0, 0.1) is 0 Å². The van der Waals surface area contributed by atoms with Gasteiger partial charge in [0.05, 0.1) is 0 Å². The van der Waals surface area contributed by atoms with Gasteiger partial charge in [-0.1, -0.05) is 30.3 Å². The molecule has 0 amide bonds. The summed E-state index contributed by atoms with van der Waals surface area (Å²) in [4.78, 5) is 1.81. The number of phenols is 2. The number of likely N-dealkylation sites (tertiary alicyclic amines) is 1. The van der Waals surface area contributed by atoms with Gasteiger partial charge >= 0.3 is 0 Å². The first-order valence-corrected chi connectivity index (χ1v) is 12.0. The summed E-state index contributed by atoms with van der Waals surface area (Å²) in [6, 6.07) is 18.7. The van der Waals surface area contributed by atoms with Crippen molar-refractivity contribution in [2.24, 2.45) is 0 Å². The number of fused-ring (bicyclic) bond motifs is 1. The maximum atomic E-state index is 13.6. The molecule has 0 saturated carbocycles. The van der Waals surface area contributed by atoms with Crippen LogP contribution >= 0.6 is 0 Å². The molecular formula is C28H29F2NO4. The number of benzene rings is 3. The van der Waals surface area contributed by atoms with E-state index in [0.29, 0.717) is 31.0 Å². The van der Waals surface area contributed by atoms with E-state index >= 15 is 0 Å². The molecule has 3 atom stereocenters. The second kappa shape index (κ2) is 10.1. The minimum atomic E-state index is -2.45. The van der Waals surface area contributed by atoms with Gasteiger partial charge in [0.1, 0.15) is 41.8 Å². The molecule has 2 heterocycles. The van der Waals surface area contributed by atoms with Crippen LogP contribution in [0.3, 0.4) is 0 Å². The SMILES string of the molecule is Oc1cccc(C2Oc3cc(O)ccc3CC2c2ccc(OC[C@H](C(F)F)N3CCCC3)cc2)c1. The van der Waals surface area contributed by atoms with Gasteiger partial charge in [0.15, 0.2) is 0 Å². The van der Waals surface area contributed by atoms with E-state index in [4.69, 9.17) is 9.47 Å². The fourth-order valence-corrected chi connectivity index (χ4v) is 5.08. The lowest BCUT2D eigenvalue weighted by Gasteiger charge is -2.34. The zero-order valence-electron chi connectivity index (χ0n) is 19.3. The van der Waals surface area contributed by atoms with E-state index in [1.807, 2.05) is 41.3 Å². The molecule has 2 unspecified atom stereocenters. The zero-order chi connectivity index (χ0) is 24.4. The molecule has 184 valence electrons. The highest BCUT2D eigenvalue weighted by Gasteiger charge is 2.33. The highest BCUT2D eigenvalue weighted by atomic mass is 19.3. The fourth-order valence-electron chi connectivity index (χ4n) is 5.08. The highest BCUT2D eigenvalue weighted by molar-refractivity contribution is 5.46. The van der Waals surface area contributed by atoms with Crippen molar-refractivity contribution in [2.75, 3.05) is 19.7 Å². The van der Waals surface area contributed by atoms with Gasteiger partial charge in [-0.2, -0.15) is 0 Å². The summed E-state index contributed by atoms with van der Waals surface area (Å²) in [6.07, 6.45) is -0.246. The van der Waals surface area contributed by atoms with Crippen LogP contribution < -0.4 is 9.47 Å². The van der Waals surface area contributed by atoms with Gasteiger partial charge in [0.25, 0.3) is 6.43 Å².